The number of benzene rings is 1. The summed E-state index contributed by atoms with van der Waals surface area (Å²) in [6, 6.07) is 8.01. The second-order valence-corrected chi connectivity index (χ2v) is 6.36. The number of hydrogen-bond donors (Lipinski definition) is 0. The van der Waals surface area contributed by atoms with E-state index in [0.717, 1.165) is 32.3 Å². The van der Waals surface area contributed by atoms with Crippen LogP contribution in [0.1, 0.15) is 12.0 Å². The number of aryl methyl sites for hydroxylation is 1. The predicted molar refractivity (Wildman–Crippen MR) is 82.8 cm³/mol. The summed E-state index contributed by atoms with van der Waals surface area (Å²) in [7, 11) is 0. The van der Waals surface area contributed by atoms with Gasteiger partial charge in [0.2, 0.25) is 0 Å². The van der Waals surface area contributed by atoms with E-state index in [4.69, 9.17) is 9.47 Å². The third-order valence-corrected chi connectivity index (χ3v) is 5.24. The highest BCUT2D eigenvalue weighted by molar-refractivity contribution is 9.10. The molecule has 2 heterocycles. The summed E-state index contributed by atoms with van der Waals surface area (Å²) in [4.78, 5) is 5.50. The summed E-state index contributed by atoms with van der Waals surface area (Å²) in [5.74, 6) is 1.64. The predicted octanol–water partition coefficient (Wildman–Crippen LogP) is 4.47. The van der Waals surface area contributed by atoms with Gasteiger partial charge in [-0.15, -0.1) is 0 Å². The molecule has 104 valence electrons. The number of rotatable bonds is 2. The van der Waals surface area contributed by atoms with Crippen molar-refractivity contribution in [2.24, 2.45) is 0 Å². The Hall–Kier alpha value is -1.20. The van der Waals surface area contributed by atoms with E-state index in [2.05, 4.69) is 27.8 Å². The van der Waals surface area contributed by atoms with Crippen LogP contribution in [-0.4, -0.2) is 18.2 Å². The highest BCUT2D eigenvalue weighted by Gasteiger charge is 2.12. The van der Waals surface area contributed by atoms with Crippen molar-refractivity contribution < 1.29 is 9.47 Å². The van der Waals surface area contributed by atoms with Gasteiger partial charge in [-0.2, -0.15) is 0 Å². The van der Waals surface area contributed by atoms with Crippen LogP contribution in [0, 0.1) is 6.92 Å². The molecule has 0 N–H and O–H groups in total. The first-order valence-corrected chi connectivity index (χ1v) is 8.03. The minimum absolute atomic E-state index is 0.702. The quantitative estimate of drug-likeness (QED) is 0.798. The number of halogens is 1. The van der Waals surface area contributed by atoms with E-state index in [-0.39, 0.29) is 0 Å². The number of fused-ring (bicyclic) bond motifs is 1. The normalized spacial score (nSPS) is 13.9. The van der Waals surface area contributed by atoms with E-state index in [9.17, 15) is 0 Å². The molecule has 1 aliphatic rings. The third kappa shape index (κ3) is 2.94. The van der Waals surface area contributed by atoms with Crippen molar-refractivity contribution in [1.82, 2.24) is 4.98 Å². The van der Waals surface area contributed by atoms with Crippen LogP contribution in [0.5, 0.6) is 11.5 Å². The van der Waals surface area contributed by atoms with E-state index >= 15 is 0 Å². The van der Waals surface area contributed by atoms with Gasteiger partial charge in [0.15, 0.2) is 11.5 Å². The number of ether oxygens (including phenoxy) is 2. The fourth-order valence-electron chi connectivity index (χ4n) is 1.91. The van der Waals surface area contributed by atoms with Crippen molar-refractivity contribution in [3.63, 3.8) is 0 Å². The molecule has 3 rings (SSSR count). The van der Waals surface area contributed by atoms with Gasteiger partial charge in [-0.25, -0.2) is 4.98 Å². The Balaban J connectivity index is 1.88. The lowest BCUT2D eigenvalue weighted by Crippen LogP contribution is -1.97. The van der Waals surface area contributed by atoms with Crippen molar-refractivity contribution >= 4 is 27.7 Å². The Kier molecular flexibility index (Phi) is 4.17. The third-order valence-electron chi connectivity index (χ3n) is 2.98. The lowest BCUT2D eigenvalue weighted by atomic mass is 10.3. The zero-order valence-corrected chi connectivity index (χ0v) is 13.5. The van der Waals surface area contributed by atoms with Gasteiger partial charge in [-0.3, -0.25) is 0 Å². The molecule has 0 amide bonds. The summed E-state index contributed by atoms with van der Waals surface area (Å²) in [5.41, 5.74) is 1.18. The second-order valence-electron chi connectivity index (χ2n) is 4.51. The average molecular weight is 352 g/mol. The second kappa shape index (κ2) is 6.06. The average Bonchev–Trinajstić information content (AvgIpc) is 2.69. The molecule has 1 aromatic heterocycles. The Morgan fingerprint density at radius 2 is 1.95 bits per heavy atom. The molecule has 0 saturated heterocycles. The zero-order chi connectivity index (χ0) is 13.9. The maximum atomic E-state index is 5.71. The highest BCUT2D eigenvalue weighted by Crippen LogP contribution is 2.38. The first-order valence-electron chi connectivity index (χ1n) is 6.42. The SMILES string of the molecule is Cc1ccnc(Sc2ccc3c(c2)OCCCO3)c1Br. The van der Waals surface area contributed by atoms with E-state index in [1.54, 1.807) is 11.8 Å². The van der Waals surface area contributed by atoms with Crippen molar-refractivity contribution in [3.8, 4) is 11.5 Å². The Labute approximate surface area is 130 Å². The van der Waals surface area contributed by atoms with Crippen LogP contribution in [0.4, 0.5) is 0 Å². The largest absolute Gasteiger partial charge is 0.490 e. The number of aromatic nitrogens is 1. The number of nitrogens with zero attached hydrogens (tertiary/aromatic N) is 1. The molecule has 1 aromatic carbocycles. The fraction of sp³-hybridized carbons (Fsp3) is 0.267. The van der Waals surface area contributed by atoms with Gasteiger partial charge < -0.3 is 9.47 Å². The molecule has 0 unspecified atom stereocenters. The topological polar surface area (TPSA) is 31.4 Å². The zero-order valence-electron chi connectivity index (χ0n) is 11.1. The molecule has 2 aromatic rings. The van der Waals surface area contributed by atoms with Gasteiger partial charge in [0.1, 0.15) is 5.03 Å². The molecule has 5 heteroatoms. The first kappa shape index (κ1) is 13.8. The number of hydrogen-bond acceptors (Lipinski definition) is 4. The van der Waals surface area contributed by atoms with Crippen LogP contribution in [0.2, 0.25) is 0 Å². The van der Waals surface area contributed by atoms with Gasteiger partial charge in [0.05, 0.1) is 17.7 Å². The molecule has 0 fully saturated rings. The molecule has 0 bridgehead atoms. The Bertz CT molecular complexity index is 633. The summed E-state index contributed by atoms with van der Waals surface area (Å²) in [6.07, 6.45) is 2.74. The molecule has 0 atom stereocenters. The van der Waals surface area contributed by atoms with E-state index in [1.165, 1.54) is 5.56 Å². The lowest BCUT2D eigenvalue weighted by molar-refractivity contribution is 0.297. The number of pyridine rings is 1. The minimum Gasteiger partial charge on any atom is -0.490 e. The van der Waals surface area contributed by atoms with Gasteiger partial charge >= 0.3 is 0 Å². The standard InChI is InChI=1S/C15H14BrNO2S/c1-10-5-6-17-15(14(10)16)20-11-3-4-12-13(9-11)19-8-2-7-18-12/h3-6,9H,2,7-8H2,1H3. The van der Waals surface area contributed by atoms with Crippen LogP contribution in [0.3, 0.4) is 0 Å². The maximum absolute atomic E-state index is 5.71. The molecule has 0 spiro atoms. The minimum atomic E-state index is 0.702. The van der Waals surface area contributed by atoms with Crippen LogP contribution in [0.25, 0.3) is 0 Å². The molecule has 0 radical (unpaired) electrons. The highest BCUT2D eigenvalue weighted by atomic mass is 79.9. The van der Waals surface area contributed by atoms with Crippen LogP contribution in [-0.2, 0) is 0 Å². The van der Waals surface area contributed by atoms with Crippen molar-refractivity contribution in [3.05, 3.63) is 40.5 Å². The summed E-state index contributed by atoms with van der Waals surface area (Å²) >= 11 is 5.20. The van der Waals surface area contributed by atoms with Crippen LogP contribution >= 0.6 is 27.7 Å². The van der Waals surface area contributed by atoms with E-state index < -0.39 is 0 Å². The Morgan fingerprint density at radius 1 is 1.15 bits per heavy atom. The molecule has 0 saturated carbocycles. The molecular weight excluding hydrogens is 338 g/mol. The van der Waals surface area contributed by atoms with Crippen molar-refractivity contribution in [1.29, 1.82) is 0 Å². The first-order chi connectivity index (χ1) is 9.74. The summed E-state index contributed by atoms with van der Waals surface area (Å²) in [5, 5.41) is 0.958. The van der Waals surface area contributed by atoms with Gasteiger partial charge in [-0.05, 0) is 52.7 Å². The molecule has 1 aliphatic heterocycles. The monoisotopic (exact) mass is 351 g/mol. The van der Waals surface area contributed by atoms with E-state index in [1.807, 2.05) is 30.5 Å². The lowest BCUT2D eigenvalue weighted by Gasteiger charge is -2.10. The van der Waals surface area contributed by atoms with Gasteiger partial charge in [0.25, 0.3) is 0 Å². The van der Waals surface area contributed by atoms with Crippen LogP contribution in [0.15, 0.2) is 44.9 Å². The fourth-order valence-corrected chi connectivity index (χ4v) is 3.27. The maximum Gasteiger partial charge on any atom is 0.162 e. The van der Waals surface area contributed by atoms with E-state index in [0.29, 0.717) is 13.2 Å². The van der Waals surface area contributed by atoms with Crippen molar-refractivity contribution in [2.75, 3.05) is 13.2 Å². The molecule has 0 aliphatic carbocycles. The molecule has 20 heavy (non-hydrogen) atoms. The van der Waals surface area contributed by atoms with Gasteiger partial charge in [-0.1, -0.05) is 11.8 Å². The summed E-state index contributed by atoms with van der Waals surface area (Å²) < 4.78 is 12.4. The smallest absolute Gasteiger partial charge is 0.162 e. The molecule has 3 nitrogen and oxygen atoms in total. The van der Waals surface area contributed by atoms with Crippen molar-refractivity contribution in [2.45, 2.75) is 23.3 Å². The van der Waals surface area contributed by atoms with Gasteiger partial charge in [0, 0.05) is 17.5 Å². The Morgan fingerprint density at radius 3 is 2.80 bits per heavy atom. The molecular formula is C15H14BrNO2S. The van der Waals surface area contributed by atoms with Crippen LogP contribution < -0.4 is 9.47 Å². The summed E-state index contributed by atoms with van der Waals surface area (Å²) in [6.45, 7) is 3.47.